The van der Waals surface area contributed by atoms with Crippen molar-refractivity contribution in [1.82, 2.24) is 0 Å². The Morgan fingerprint density at radius 2 is 0.571 bits per heavy atom. The van der Waals surface area contributed by atoms with E-state index in [1.54, 1.807) is 0 Å². The lowest BCUT2D eigenvalue weighted by atomic mass is 10.0. The molecule has 0 rings (SSSR count). The van der Waals surface area contributed by atoms with Gasteiger partial charge in [-0.1, -0.05) is 161 Å². The molecular weight excluding hydrogens is 340 g/mol. The Hall–Kier alpha value is -0.0400. The first-order valence-corrected chi connectivity index (χ1v) is 13.4. The number of hydrogen-bond acceptors (Lipinski definition) is 1. The van der Waals surface area contributed by atoms with Crippen LogP contribution in [0, 0.1) is 6.61 Å². The molecular formula is C27H55O. The molecule has 169 valence electrons. The third-order valence-electron chi connectivity index (χ3n) is 6.19. The molecule has 1 N–H and O–H groups in total. The molecule has 0 saturated heterocycles. The van der Waals surface area contributed by atoms with Crippen LogP contribution in [0.1, 0.15) is 167 Å². The van der Waals surface area contributed by atoms with Crippen molar-refractivity contribution in [3.05, 3.63) is 6.61 Å². The lowest BCUT2D eigenvalue weighted by Gasteiger charge is -2.04. The molecule has 0 amide bonds. The van der Waals surface area contributed by atoms with E-state index >= 15 is 0 Å². The Kier molecular flexibility index (Phi) is 26.9. The van der Waals surface area contributed by atoms with Crippen molar-refractivity contribution in [2.75, 3.05) is 0 Å². The van der Waals surface area contributed by atoms with Crippen LogP contribution in [0.4, 0.5) is 0 Å². The molecule has 0 aromatic carbocycles. The second kappa shape index (κ2) is 27.0. The maximum Gasteiger partial charge on any atom is 0.0799 e. The summed E-state index contributed by atoms with van der Waals surface area (Å²) in [7, 11) is 0. The highest BCUT2D eigenvalue weighted by molar-refractivity contribution is 4.52. The van der Waals surface area contributed by atoms with Gasteiger partial charge in [0, 0.05) is 0 Å². The molecule has 0 bridgehead atoms. The van der Waals surface area contributed by atoms with Crippen LogP contribution in [0.25, 0.3) is 0 Å². The van der Waals surface area contributed by atoms with Crippen LogP contribution in [0.15, 0.2) is 0 Å². The van der Waals surface area contributed by atoms with Crippen LogP contribution in [-0.4, -0.2) is 5.11 Å². The van der Waals surface area contributed by atoms with Crippen molar-refractivity contribution in [1.29, 1.82) is 0 Å². The van der Waals surface area contributed by atoms with Gasteiger partial charge in [0.15, 0.2) is 0 Å². The molecule has 0 fully saturated rings. The molecule has 0 aliphatic rings. The molecule has 0 aliphatic carbocycles. The molecule has 0 spiro atoms. The smallest absolute Gasteiger partial charge is 0.0799 e. The van der Waals surface area contributed by atoms with Crippen molar-refractivity contribution in [2.45, 2.75) is 167 Å². The van der Waals surface area contributed by atoms with E-state index in [2.05, 4.69) is 6.92 Å². The van der Waals surface area contributed by atoms with E-state index in [0.717, 1.165) is 12.8 Å². The summed E-state index contributed by atoms with van der Waals surface area (Å²) in [5, 5.41) is 8.62. The predicted molar refractivity (Wildman–Crippen MR) is 127 cm³/mol. The Morgan fingerprint density at radius 1 is 0.357 bits per heavy atom. The Morgan fingerprint density at radius 3 is 0.786 bits per heavy atom. The van der Waals surface area contributed by atoms with Crippen LogP contribution < -0.4 is 0 Å². The van der Waals surface area contributed by atoms with Crippen LogP contribution in [-0.2, 0) is 0 Å². The zero-order chi connectivity index (χ0) is 20.4. The lowest BCUT2D eigenvalue weighted by Crippen LogP contribution is -1.84. The average molecular weight is 396 g/mol. The van der Waals surface area contributed by atoms with Crippen molar-refractivity contribution < 1.29 is 5.11 Å². The minimum absolute atomic E-state index is 0.874. The number of unbranched alkanes of at least 4 members (excludes halogenated alkanes) is 24. The van der Waals surface area contributed by atoms with Gasteiger partial charge in [-0.25, -0.2) is 0 Å². The first-order chi connectivity index (χ1) is 13.9. The molecule has 1 heteroatoms. The van der Waals surface area contributed by atoms with Crippen molar-refractivity contribution in [2.24, 2.45) is 0 Å². The quantitative estimate of drug-likeness (QED) is 0.152. The van der Waals surface area contributed by atoms with E-state index in [-0.39, 0.29) is 0 Å². The summed E-state index contributed by atoms with van der Waals surface area (Å²) in [6.45, 7) is 3.60. The standard InChI is InChI=1S/C27H55O/c1-2-3-4-5-6-7-8-9-10-11-12-13-14-15-16-17-18-19-20-21-22-23-24-25-26-27-28/h27-28H,2-26H2,1H3. The number of hydrogen-bond donors (Lipinski definition) is 1. The van der Waals surface area contributed by atoms with Gasteiger partial charge in [0.05, 0.1) is 6.61 Å². The van der Waals surface area contributed by atoms with E-state index in [1.165, 1.54) is 154 Å². The van der Waals surface area contributed by atoms with E-state index in [4.69, 9.17) is 5.11 Å². The third kappa shape index (κ3) is 26.0. The topological polar surface area (TPSA) is 20.2 Å². The summed E-state index contributed by atoms with van der Waals surface area (Å²) in [5.74, 6) is 0. The first-order valence-electron chi connectivity index (χ1n) is 13.4. The third-order valence-corrected chi connectivity index (χ3v) is 6.19. The Balaban J connectivity index is 2.96. The molecule has 0 saturated carbocycles. The Labute approximate surface area is 179 Å². The van der Waals surface area contributed by atoms with Gasteiger partial charge in [-0.15, -0.1) is 0 Å². The molecule has 0 aromatic heterocycles. The normalized spacial score (nSPS) is 11.4. The highest BCUT2D eigenvalue weighted by atomic mass is 16.2. The summed E-state index contributed by atoms with van der Waals surface area (Å²) in [4.78, 5) is 0. The van der Waals surface area contributed by atoms with Crippen molar-refractivity contribution >= 4 is 0 Å². The number of aliphatic hydroxyl groups is 1. The summed E-state index contributed by atoms with van der Waals surface area (Å²) in [6.07, 6.45) is 35.3. The largest absolute Gasteiger partial charge is 0.390 e. The minimum Gasteiger partial charge on any atom is -0.390 e. The van der Waals surface area contributed by atoms with Crippen LogP contribution in [0.3, 0.4) is 0 Å². The number of aliphatic hydroxyl groups excluding tert-OH is 1. The second-order valence-corrected chi connectivity index (χ2v) is 9.10. The highest BCUT2D eigenvalue weighted by Crippen LogP contribution is 2.15. The van der Waals surface area contributed by atoms with Gasteiger partial charge in [0.25, 0.3) is 0 Å². The fourth-order valence-electron chi connectivity index (χ4n) is 4.20. The van der Waals surface area contributed by atoms with Gasteiger partial charge in [-0.2, -0.15) is 0 Å². The van der Waals surface area contributed by atoms with E-state index in [0.29, 0.717) is 0 Å². The fourth-order valence-corrected chi connectivity index (χ4v) is 4.20. The molecule has 0 aliphatic heterocycles. The lowest BCUT2D eigenvalue weighted by molar-refractivity contribution is 0.367. The zero-order valence-electron chi connectivity index (χ0n) is 19.7. The molecule has 0 aromatic rings. The summed E-state index contributed by atoms with van der Waals surface area (Å²) in [5.41, 5.74) is 0. The van der Waals surface area contributed by atoms with Gasteiger partial charge < -0.3 is 5.11 Å². The first kappa shape index (κ1) is 28.0. The molecule has 0 unspecified atom stereocenters. The fraction of sp³-hybridized carbons (Fsp3) is 0.963. The van der Waals surface area contributed by atoms with E-state index in [9.17, 15) is 0 Å². The van der Waals surface area contributed by atoms with Gasteiger partial charge in [0.2, 0.25) is 0 Å². The van der Waals surface area contributed by atoms with Crippen LogP contribution >= 0.6 is 0 Å². The predicted octanol–water partition coefficient (Wildman–Crippen LogP) is 10.3. The maximum atomic E-state index is 8.62. The monoisotopic (exact) mass is 395 g/mol. The summed E-state index contributed by atoms with van der Waals surface area (Å²) < 4.78 is 0. The second-order valence-electron chi connectivity index (χ2n) is 9.10. The minimum atomic E-state index is 0.874. The van der Waals surface area contributed by atoms with Crippen molar-refractivity contribution in [3.8, 4) is 0 Å². The van der Waals surface area contributed by atoms with Crippen LogP contribution in [0.5, 0.6) is 0 Å². The van der Waals surface area contributed by atoms with Gasteiger partial charge in [0.1, 0.15) is 0 Å². The van der Waals surface area contributed by atoms with Crippen molar-refractivity contribution in [3.63, 3.8) is 0 Å². The summed E-state index contributed by atoms with van der Waals surface area (Å²) >= 11 is 0. The Bertz CT molecular complexity index is 225. The molecule has 0 heterocycles. The summed E-state index contributed by atoms with van der Waals surface area (Å²) in [6, 6.07) is 0. The molecule has 1 radical (unpaired) electrons. The molecule has 1 nitrogen and oxygen atoms in total. The van der Waals surface area contributed by atoms with E-state index in [1.807, 2.05) is 0 Å². The maximum absolute atomic E-state index is 8.62. The number of rotatable bonds is 25. The SMILES string of the molecule is CCCCCCCCCCCCCCCCCCCCCCCCCC[CH]O. The molecule has 28 heavy (non-hydrogen) atoms. The molecule has 0 atom stereocenters. The average Bonchev–Trinajstić information content (AvgIpc) is 2.71. The van der Waals surface area contributed by atoms with Gasteiger partial charge >= 0.3 is 0 Å². The van der Waals surface area contributed by atoms with Gasteiger partial charge in [-0.05, 0) is 6.42 Å². The van der Waals surface area contributed by atoms with Gasteiger partial charge in [-0.3, -0.25) is 0 Å². The van der Waals surface area contributed by atoms with Crippen LogP contribution in [0.2, 0.25) is 0 Å². The zero-order valence-corrected chi connectivity index (χ0v) is 19.7. The highest BCUT2D eigenvalue weighted by Gasteiger charge is 1.96. The van der Waals surface area contributed by atoms with E-state index < -0.39 is 0 Å².